The Balaban J connectivity index is 1.71. The Morgan fingerprint density at radius 2 is 2.05 bits per heavy atom. The van der Waals surface area contributed by atoms with Crippen LogP contribution < -0.4 is 0 Å². The van der Waals surface area contributed by atoms with Crippen molar-refractivity contribution in [3.05, 3.63) is 17.0 Å². The SMILES string of the molecule is Cc1nn(CC2CCC3(CCCC3)O2)c(C)c1C(C)Cl. The number of aromatic nitrogens is 2. The maximum Gasteiger partial charge on any atom is 0.0779 e. The van der Waals surface area contributed by atoms with E-state index in [4.69, 9.17) is 16.3 Å². The first kappa shape index (κ1) is 14.4. The number of aryl methyl sites for hydroxylation is 1. The molecule has 1 saturated heterocycles. The van der Waals surface area contributed by atoms with E-state index in [2.05, 4.69) is 16.7 Å². The first-order chi connectivity index (χ1) is 9.51. The Hall–Kier alpha value is -0.540. The molecule has 0 bridgehead atoms. The van der Waals surface area contributed by atoms with Crippen molar-refractivity contribution in [1.82, 2.24) is 9.78 Å². The summed E-state index contributed by atoms with van der Waals surface area (Å²) in [6.07, 6.45) is 7.90. The average molecular weight is 297 g/mol. The van der Waals surface area contributed by atoms with Crippen LogP contribution in [0.25, 0.3) is 0 Å². The van der Waals surface area contributed by atoms with Crippen LogP contribution >= 0.6 is 11.6 Å². The molecule has 2 unspecified atom stereocenters. The van der Waals surface area contributed by atoms with E-state index in [9.17, 15) is 0 Å². The molecule has 1 aliphatic carbocycles. The highest BCUT2D eigenvalue weighted by atomic mass is 35.5. The Kier molecular flexibility index (Phi) is 3.85. The first-order valence-corrected chi connectivity index (χ1v) is 8.30. The zero-order valence-corrected chi connectivity index (χ0v) is 13.5. The first-order valence-electron chi connectivity index (χ1n) is 7.86. The quantitative estimate of drug-likeness (QED) is 0.778. The monoisotopic (exact) mass is 296 g/mol. The molecule has 3 rings (SSSR count). The number of alkyl halides is 1. The molecule has 1 aromatic rings. The fraction of sp³-hybridized carbons (Fsp3) is 0.812. The van der Waals surface area contributed by atoms with Gasteiger partial charge in [-0.2, -0.15) is 5.10 Å². The Bertz CT molecular complexity index is 489. The summed E-state index contributed by atoms with van der Waals surface area (Å²) in [5.74, 6) is 0. The van der Waals surface area contributed by atoms with Gasteiger partial charge in [0.1, 0.15) is 0 Å². The van der Waals surface area contributed by atoms with Crippen molar-refractivity contribution >= 4 is 11.6 Å². The number of halogens is 1. The molecule has 2 aliphatic rings. The predicted octanol–water partition coefficient (Wildman–Crippen LogP) is 4.29. The molecule has 112 valence electrons. The number of ether oxygens (including phenoxy) is 1. The fourth-order valence-electron chi connectivity index (χ4n) is 4.07. The minimum absolute atomic E-state index is 0.0226. The highest BCUT2D eigenvalue weighted by Gasteiger charge is 2.42. The molecule has 1 saturated carbocycles. The lowest BCUT2D eigenvalue weighted by Crippen LogP contribution is -2.27. The second-order valence-electron chi connectivity index (χ2n) is 6.55. The summed E-state index contributed by atoms with van der Waals surface area (Å²) >= 11 is 6.26. The molecule has 0 amide bonds. The van der Waals surface area contributed by atoms with Gasteiger partial charge in [-0.05, 0) is 46.5 Å². The second kappa shape index (κ2) is 5.34. The highest BCUT2D eigenvalue weighted by Crippen LogP contribution is 2.43. The minimum Gasteiger partial charge on any atom is -0.370 e. The van der Waals surface area contributed by atoms with Crippen LogP contribution in [0.4, 0.5) is 0 Å². The van der Waals surface area contributed by atoms with E-state index in [-0.39, 0.29) is 11.0 Å². The molecular formula is C16H25ClN2O. The van der Waals surface area contributed by atoms with E-state index >= 15 is 0 Å². The number of hydrogen-bond acceptors (Lipinski definition) is 2. The van der Waals surface area contributed by atoms with E-state index < -0.39 is 0 Å². The molecule has 1 aliphatic heterocycles. The summed E-state index contributed by atoms with van der Waals surface area (Å²) < 4.78 is 8.48. The summed E-state index contributed by atoms with van der Waals surface area (Å²) in [4.78, 5) is 0. The van der Waals surface area contributed by atoms with Crippen LogP contribution in [0, 0.1) is 13.8 Å². The van der Waals surface area contributed by atoms with Crippen molar-refractivity contribution in [3.63, 3.8) is 0 Å². The maximum absolute atomic E-state index is 6.38. The van der Waals surface area contributed by atoms with Crippen molar-refractivity contribution in [2.24, 2.45) is 0 Å². The Labute approximate surface area is 126 Å². The van der Waals surface area contributed by atoms with Crippen molar-refractivity contribution in [2.75, 3.05) is 0 Å². The van der Waals surface area contributed by atoms with E-state index in [1.807, 2.05) is 13.8 Å². The standard InChI is InChI=1S/C16H25ClN2O/c1-11(17)15-12(2)18-19(13(15)3)10-14-6-9-16(20-14)7-4-5-8-16/h11,14H,4-10H2,1-3H3. The lowest BCUT2D eigenvalue weighted by molar-refractivity contribution is -0.0431. The second-order valence-corrected chi connectivity index (χ2v) is 7.21. The summed E-state index contributed by atoms with van der Waals surface area (Å²) in [6.45, 7) is 7.06. The molecule has 0 radical (unpaired) electrons. The fourth-order valence-corrected chi connectivity index (χ4v) is 4.38. The smallest absolute Gasteiger partial charge is 0.0779 e. The van der Waals surface area contributed by atoms with Gasteiger partial charge in [0.05, 0.1) is 29.3 Å². The van der Waals surface area contributed by atoms with Crippen LogP contribution in [-0.4, -0.2) is 21.5 Å². The third kappa shape index (κ3) is 2.50. The predicted molar refractivity (Wildman–Crippen MR) is 81.3 cm³/mol. The van der Waals surface area contributed by atoms with Crippen molar-refractivity contribution in [2.45, 2.75) is 82.9 Å². The molecule has 0 aromatic carbocycles. The van der Waals surface area contributed by atoms with Crippen molar-refractivity contribution in [1.29, 1.82) is 0 Å². The number of nitrogens with zero attached hydrogens (tertiary/aromatic N) is 2. The molecule has 3 nitrogen and oxygen atoms in total. The number of hydrogen-bond donors (Lipinski definition) is 0. The van der Waals surface area contributed by atoms with Crippen LogP contribution in [0.3, 0.4) is 0 Å². The van der Waals surface area contributed by atoms with Crippen molar-refractivity contribution < 1.29 is 4.74 Å². The van der Waals surface area contributed by atoms with E-state index in [0.29, 0.717) is 6.10 Å². The molecule has 1 spiro atoms. The van der Waals surface area contributed by atoms with Gasteiger partial charge >= 0.3 is 0 Å². The van der Waals surface area contributed by atoms with Gasteiger partial charge in [-0.15, -0.1) is 11.6 Å². The molecule has 1 aromatic heterocycles. The summed E-state index contributed by atoms with van der Waals surface area (Å²) in [6, 6.07) is 0. The molecule has 20 heavy (non-hydrogen) atoms. The van der Waals surface area contributed by atoms with Crippen LogP contribution in [0.15, 0.2) is 0 Å². The Morgan fingerprint density at radius 3 is 2.65 bits per heavy atom. The maximum atomic E-state index is 6.38. The summed E-state index contributed by atoms with van der Waals surface area (Å²) in [5, 5.41) is 4.68. The van der Waals surface area contributed by atoms with Gasteiger partial charge in [-0.3, -0.25) is 4.68 Å². The minimum atomic E-state index is 0.0226. The number of rotatable bonds is 3. The summed E-state index contributed by atoms with van der Waals surface area (Å²) in [7, 11) is 0. The van der Waals surface area contributed by atoms with Gasteiger partial charge in [-0.1, -0.05) is 12.8 Å². The third-order valence-electron chi connectivity index (χ3n) is 5.07. The van der Waals surface area contributed by atoms with Crippen LogP contribution in [0.1, 0.15) is 67.8 Å². The lowest BCUT2D eigenvalue weighted by Gasteiger charge is -2.24. The Morgan fingerprint density at radius 1 is 1.35 bits per heavy atom. The lowest BCUT2D eigenvalue weighted by atomic mass is 9.98. The zero-order valence-electron chi connectivity index (χ0n) is 12.8. The average Bonchev–Trinajstić information content (AvgIpc) is 3.05. The van der Waals surface area contributed by atoms with Crippen LogP contribution in [0.2, 0.25) is 0 Å². The summed E-state index contributed by atoms with van der Waals surface area (Å²) in [5.41, 5.74) is 3.64. The van der Waals surface area contributed by atoms with E-state index in [1.165, 1.54) is 49.8 Å². The third-order valence-corrected chi connectivity index (χ3v) is 5.28. The van der Waals surface area contributed by atoms with Gasteiger partial charge in [-0.25, -0.2) is 0 Å². The van der Waals surface area contributed by atoms with E-state index in [1.54, 1.807) is 0 Å². The molecule has 2 atom stereocenters. The topological polar surface area (TPSA) is 27.1 Å². The van der Waals surface area contributed by atoms with Crippen LogP contribution in [-0.2, 0) is 11.3 Å². The normalized spacial score (nSPS) is 26.5. The molecule has 2 fully saturated rings. The van der Waals surface area contributed by atoms with Crippen molar-refractivity contribution in [3.8, 4) is 0 Å². The molecule has 4 heteroatoms. The molecule has 0 N–H and O–H groups in total. The largest absolute Gasteiger partial charge is 0.370 e. The van der Waals surface area contributed by atoms with Gasteiger partial charge < -0.3 is 4.74 Å². The van der Waals surface area contributed by atoms with Gasteiger partial charge in [0, 0.05) is 11.3 Å². The zero-order chi connectivity index (χ0) is 14.3. The van der Waals surface area contributed by atoms with E-state index in [0.717, 1.165) is 12.2 Å². The van der Waals surface area contributed by atoms with Gasteiger partial charge in [0.2, 0.25) is 0 Å². The molecular weight excluding hydrogens is 272 g/mol. The molecule has 2 heterocycles. The van der Waals surface area contributed by atoms with Gasteiger partial charge in [0.15, 0.2) is 0 Å². The van der Waals surface area contributed by atoms with Gasteiger partial charge in [0.25, 0.3) is 0 Å². The van der Waals surface area contributed by atoms with Crippen LogP contribution in [0.5, 0.6) is 0 Å². The highest BCUT2D eigenvalue weighted by molar-refractivity contribution is 6.20.